The van der Waals surface area contributed by atoms with Crippen LogP contribution in [0.25, 0.3) is 0 Å². The molecule has 0 radical (unpaired) electrons. The van der Waals surface area contributed by atoms with Crippen molar-refractivity contribution in [3.05, 3.63) is 53.2 Å². The Labute approximate surface area is 159 Å². The third kappa shape index (κ3) is 4.75. The van der Waals surface area contributed by atoms with Crippen molar-refractivity contribution in [1.82, 2.24) is 9.88 Å². The van der Waals surface area contributed by atoms with E-state index in [1.54, 1.807) is 17.0 Å². The van der Waals surface area contributed by atoms with Gasteiger partial charge in [0.05, 0.1) is 0 Å². The number of aromatic nitrogens is 1. The average molecular weight is 389 g/mol. The van der Waals surface area contributed by atoms with Gasteiger partial charge in [-0.2, -0.15) is 8.42 Å². The second-order valence-electron chi connectivity index (χ2n) is 6.66. The molecule has 0 bridgehead atoms. The first-order valence-corrected chi connectivity index (χ1v) is 10.2. The molecule has 0 aliphatic carbocycles. The van der Waals surface area contributed by atoms with Crippen molar-refractivity contribution in [3.63, 3.8) is 0 Å². The Bertz CT molecular complexity index is 936. The number of rotatable bonds is 4. The second-order valence-corrected chi connectivity index (χ2v) is 7.95. The minimum absolute atomic E-state index is 0.0783. The molecular weight excluding hydrogens is 366 g/mol. The van der Waals surface area contributed by atoms with E-state index in [0.29, 0.717) is 37.4 Å². The molecule has 1 saturated heterocycles. The largest absolute Gasteiger partial charge is 0.353 e. The van der Waals surface area contributed by atoms with Crippen LogP contribution in [-0.4, -0.2) is 50.4 Å². The predicted molar refractivity (Wildman–Crippen MR) is 105 cm³/mol. The van der Waals surface area contributed by atoms with E-state index >= 15 is 0 Å². The van der Waals surface area contributed by atoms with Crippen LogP contribution in [-0.2, 0) is 10.2 Å². The number of anilines is 2. The van der Waals surface area contributed by atoms with E-state index in [4.69, 9.17) is 5.14 Å². The molecule has 1 aliphatic heterocycles. The van der Waals surface area contributed by atoms with Crippen LogP contribution < -0.4 is 14.8 Å². The van der Waals surface area contributed by atoms with Crippen LogP contribution in [0.3, 0.4) is 0 Å². The Kier molecular flexibility index (Phi) is 5.33. The number of hydrogen-bond acceptors (Lipinski definition) is 5. The number of nitrogens with one attached hydrogen (secondary N) is 1. The summed E-state index contributed by atoms with van der Waals surface area (Å²) in [7, 11) is -3.83. The number of hydrogen-bond donors (Lipinski definition) is 2. The molecular formula is C18H23N5O3S. The van der Waals surface area contributed by atoms with E-state index in [0.717, 1.165) is 16.9 Å². The molecule has 0 spiro atoms. The number of carbonyl (C=O) groups is 1. The summed E-state index contributed by atoms with van der Waals surface area (Å²) in [5.74, 6) is 0.886. The van der Waals surface area contributed by atoms with Crippen molar-refractivity contribution in [3.8, 4) is 0 Å². The monoisotopic (exact) mass is 389 g/mol. The summed E-state index contributed by atoms with van der Waals surface area (Å²) in [6, 6.07) is 8.33. The van der Waals surface area contributed by atoms with Gasteiger partial charge in [-0.25, -0.2) is 10.1 Å². The molecule has 27 heavy (non-hydrogen) atoms. The summed E-state index contributed by atoms with van der Waals surface area (Å²) in [5.41, 5.74) is 3.09. The summed E-state index contributed by atoms with van der Waals surface area (Å²) in [5, 5.41) is 4.94. The molecule has 2 aromatic rings. The molecule has 1 fully saturated rings. The fourth-order valence-electron chi connectivity index (χ4n) is 3.19. The zero-order chi connectivity index (χ0) is 19.6. The summed E-state index contributed by atoms with van der Waals surface area (Å²) in [4.78, 5) is 21.2. The topological polar surface area (TPSA) is 109 Å². The zero-order valence-corrected chi connectivity index (χ0v) is 16.2. The van der Waals surface area contributed by atoms with Crippen LogP contribution in [0.4, 0.5) is 11.5 Å². The molecule has 2 heterocycles. The Hall–Kier alpha value is -2.65. The second kappa shape index (κ2) is 7.53. The third-order valence-corrected chi connectivity index (χ3v) is 4.97. The van der Waals surface area contributed by atoms with E-state index in [-0.39, 0.29) is 5.91 Å². The minimum atomic E-state index is -3.83. The summed E-state index contributed by atoms with van der Waals surface area (Å²) < 4.78 is 24.2. The normalized spacial score (nSPS) is 14.9. The van der Waals surface area contributed by atoms with Crippen LogP contribution in [0.2, 0.25) is 0 Å². The fraction of sp³-hybridized carbons (Fsp3) is 0.333. The highest BCUT2D eigenvalue weighted by atomic mass is 32.2. The van der Waals surface area contributed by atoms with Crippen LogP contribution in [0, 0.1) is 13.8 Å². The lowest BCUT2D eigenvalue weighted by Gasteiger charge is -2.36. The van der Waals surface area contributed by atoms with E-state index < -0.39 is 10.2 Å². The van der Waals surface area contributed by atoms with Gasteiger partial charge >= 0.3 is 0 Å². The van der Waals surface area contributed by atoms with Crippen molar-refractivity contribution in [2.75, 3.05) is 35.8 Å². The molecule has 1 aliphatic rings. The molecule has 3 N–H and O–H groups in total. The number of pyridine rings is 1. The van der Waals surface area contributed by atoms with Gasteiger partial charge in [-0.05, 0) is 49.2 Å². The van der Waals surface area contributed by atoms with Crippen LogP contribution in [0.1, 0.15) is 21.5 Å². The van der Waals surface area contributed by atoms with Crippen molar-refractivity contribution in [1.29, 1.82) is 0 Å². The standard InChI is InChI=1S/C18H23N5O3S/c1-13-11-14(2)17(20-12-13)22-7-9-23(10-8-22)18(24)15-3-5-16(6-4-15)21-27(19,25)26/h3-6,11-12,21H,7-10H2,1-2H3,(H2,19,25,26). The van der Waals surface area contributed by atoms with E-state index in [1.807, 2.05) is 20.0 Å². The van der Waals surface area contributed by atoms with Gasteiger partial charge in [-0.15, -0.1) is 0 Å². The lowest BCUT2D eigenvalue weighted by atomic mass is 10.1. The Morgan fingerprint density at radius 1 is 1.11 bits per heavy atom. The molecule has 1 amide bonds. The van der Waals surface area contributed by atoms with Crippen LogP contribution >= 0.6 is 0 Å². The molecule has 1 aromatic carbocycles. The maximum atomic E-state index is 12.7. The van der Waals surface area contributed by atoms with Crippen LogP contribution in [0.5, 0.6) is 0 Å². The number of aryl methyl sites for hydroxylation is 2. The molecule has 144 valence electrons. The maximum absolute atomic E-state index is 12.7. The van der Waals surface area contributed by atoms with Gasteiger partial charge in [0.25, 0.3) is 16.1 Å². The van der Waals surface area contributed by atoms with E-state index in [1.165, 1.54) is 12.1 Å². The number of nitrogens with zero attached hydrogens (tertiary/aromatic N) is 3. The molecule has 0 unspecified atom stereocenters. The number of amides is 1. The maximum Gasteiger partial charge on any atom is 0.296 e. The molecule has 9 heteroatoms. The van der Waals surface area contributed by atoms with Gasteiger partial charge in [-0.1, -0.05) is 6.07 Å². The quantitative estimate of drug-likeness (QED) is 0.819. The SMILES string of the molecule is Cc1cnc(N2CCN(C(=O)c3ccc(NS(N)(=O)=O)cc3)CC2)c(C)c1. The van der Waals surface area contributed by atoms with Gasteiger partial charge < -0.3 is 9.80 Å². The van der Waals surface area contributed by atoms with Gasteiger partial charge in [0.15, 0.2) is 0 Å². The lowest BCUT2D eigenvalue weighted by molar-refractivity contribution is 0.0746. The molecule has 8 nitrogen and oxygen atoms in total. The first-order chi connectivity index (χ1) is 12.7. The molecule has 0 atom stereocenters. The summed E-state index contributed by atoms with van der Waals surface area (Å²) >= 11 is 0. The highest BCUT2D eigenvalue weighted by Crippen LogP contribution is 2.20. The summed E-state index contributed by atoms with van der Waals surface area (Å²) in [6.07, 6.45) is 1.86. The third-order valence-electron chi connectivity index (χ3n) is 4.45. The van der Waals surface area contributed by atoms with Crippen LogP contribution in [0.15, 0.2) is 36.5 Å². The van der Waals surface area contributed by atoms with E-state index in [2.05, 4.69) is 20.7 Å². The number of carbonyl (C=O) groups excluding carboxylic acids is 1. The Balaban J connectivity index is 1.63. The smallest absolute Gasteiger partial charge is 0.296 e. The van der Waals surface area contributed by atoms with Crippen molar-refractivity contribution in [2.24, 2.45) is 5.14 Å². The van der Waals surface area contributed by atoms with Gasteiger partial charge in [-0.3, -0.25) is 9.52 Å². The number of piperazine rings is 1. The lowest BCUT2D eigenvalue weighted by Crippen LogP contribution is -2.49. The van der Waals surface area contributed by atoms with Gasteiger partial charge in [0.1, 0.15) is 5.82 Å². The molecule has 1 aromatic heterocycles. The number of benzene rings is 1. The first kappa shape index (κ1) is 19.1. The molecule has 0 saturated carbocycles. The number of nitrogens with two attached hydrogens (primary N) is 1. The Morgan fingerprint density at radius 2 is 1.74 bits per heavy atom. The Morgan fingerprint density at radius 3 is 2.30 bits per heavy atom. The zero-order valence-electron chi connectivity index (χ0n) is 15.3. The predicted octanol–water partition coefficient (Wildman–Crippen LogP) is 1.28. The first-order valence-electron chi connectivity index (χ1n) is 8.61. The van der Waals surface area contributed by atoms with Crippen molar-refractivity contribution >= 4 is 27.6 Å². The molecule has 3 rings (SSSR count). The van der Waals surface area contributed by atoms with Crippen molar-refractivity contribution in [2.45, 2.75) is 13.8 Å². The minimum Gasteiger partial charge on any atom is -0.353 e. The van der Waals surface area contributed by atoms with Gasteiger partial charge in [0, 0.05) is 43.6 Å². The summed E-state index contributed by atoms with van der Waals surface area (Å²) in [6.45, 7) is 6.70. The highest BCUT2D eigenvalue weighted by molar-refractivity contribution is 7.90. The highest BCUT2D eigenvalue weighted by Gasteiger charge is 2.23. The van der Waals surface area contributed by atoms with Gasteiger partial charge in [0.2, 0.25) is 0 Å². The average Bonchev–Trinajstić information content (AvgIpc) is 2.61. The van der Waals surface area contributed by atoms with E-state index in [9.17, 15) is 13.2 Å². The van der Waals surface area contributed by atoms with Crippen molar-refractivity contribution < 1.29 is 13.2 Å². The fourth-order valence-corrected chi connectivity index (χ4v) is 3.65.